The molecule has 2 aromatic carbocycles. The minimum Gasteiger partial charge on any atom is -0.494 e. The topological polar surface area (TPSA) is 415 Å². The van der Waals surface area contributed by atoms with Crippen molar-refractivity contribution in [2.75, 3.05) is 50.3 Å². The van der Waals surface area contributed by atoms with Gasteiger partial charge in [0.2, 0.25) is 53.0 Å². The molecule has 0 aliphatic carbocycles. The van der Waals surface area contributed by atoms with Crippen molar-refractivity contribution in [1.29, 1.82) is 0 Å². The number of aryl methyl sites for hydroxylation is 4. The number of hydrogen-bond donors (Lipinski definition) is 6. The number of amides is 7. The number of carboxylic acids is 1. The molecule has 87 heavy (non-hydrogen) atoms. The number of anilines is 2. The third-order valence-electron chi connectivity index (χ3n) is 13.8. The van der Waals surface area contributed by atoms with E-state index in [2.05, 4.69) is 35.9 Å². The SMILES string of the molecule is CCc1nc(C)oc1C(=O)Nc1nc2cc(C(N)=O)cc(OC)c2n1C/C=C/Cn1c(NC(=O)c2oc(C)nc2CC)nc2cc(C(N)=O)cc(OCCCOC(=O)[C@H](C)CC(=O)CNC(=O)[C@H](CCC(=O)O)CC(=O)CN3C(=O)CC(SC)C3=O)c21. The van der Waals surface area contributed by atoms with Gasteiger partial charge < -0.3 is 54.1 Å². The molecule has 1 aliphatic heterocycles. The predicted octanol–water partition coefficient (Wildman–Crippen LogP) is 4.03. The highest BCUT2D eigenvalue weighted by molar-refractivity contribution is 8.00. The number of methoxy groups -OCH3 is 1. The van der Waals surface area contributed by atoms with Gasteiger partial charge in [-0.05, 0) is 49.8 Å². The van der Waals surface area contributed by atoms with Crippen LogP contribution in [0.25, 0.3) is 22.1 Å². The summed E-state index contributed by atoms with van der Waals surface area (Å²) in [5.41, 5.74) is 13.4. The molecule has 1 saturated heterocycles. The van der Waals surface area contributed by atoms with Crippen LogP contribution in [-0.2, 0) is 64.2 Å². The zero-order valence-electron chi connectivity index (χ0n) is 48.8. The maximum atomic E-state index is 13.9. The fourth-order valence-electron chi connectivity index (χ4n) is 9.53. The first-order valence-corrected chi connectivity index (χ1v) is 28.9. The second kappa shape index (κ2) is 28.9. The minimum atomic E-state index is -1.23. The number of oxazole rings is 2. The van der Waals surface area contributed by atoms with Crippen molar-refractivity contribution in [1.82, 2.24) is 39.3 Å². The van der Waals surface area contributed by atoms with E-state index in [9.17, 15) is 57.8 Å². The number of hydrogen-bond acceptors (Lipinski definition) is 21. The number of thioether (sulfide) groups is 1. The van der Waals surface area contributed by atoms with Crippen LogP contribution in [-0.4, -0.2) is 149 Å². The van der Waals surface area contributed by atoms with Crippen LogP contribution in [0.1, 0.15) is 124 Å². The number of ether oxygens (including phenoxy) is 3. The van der Waals surface area contributed by atoms with Gasteiger partial charge in [0.05, 0.1) is 67.0 Å². The lowest BCUT2D eigenvalue weighted by Gasteiger charge is -2.18. The van der Waals surface area contributed by atoms with Crippen molar-refractivity contribution in [2.45, 2.75) is 104 Å². The quantitative estimate of drug-likeness (QED) is 0.0150. The van der Waals surface area contributed by atoms with Gasteiger partial charge in [-0.15, -0.1) is 0 Å². The lowest BCUT2D eigenvalue weighted by atomic mass is 9.95. The van der Waals surface area contributed by atoms with E-state index in [4.69, 9.17) is 34.5 Å². The van der Waals surface area contributed by atoms with Crippen LogP contribution < -0.4 is 36.9 Å². The monoisotopic (exact) mass is 1220 g/mol. The molecule has 4 aromatic heterocycles. The molecule has 0 saturated carbocycles. The number of Topliss-reactive ketones (excluding diaryl/α,β-unsaturated/α-hetero) is 2. The number of carboxylic acid groups (broad SMARTS) is 1. The number of ketones is 2. The van der Waals surface area contributed by atoms with Gasteiger partial charge in [0.25, 0.3) is 11.8 Å². The lowest BCUT2D eigenvalue weighted by Crippen LogP contribution is -2.39. The average Bonchev–Trinajstić information content (AvgIpc) is 1.78. The highest BCUT2D eigenvalue weighted by Gasteiger charge is 2.39. The van der Waals surface area contributed by atoms with Crippen molar-refractivity contribution in [2.24, 2.45) is 23.3 Å². The third kappa shape index (κ3) is 15.8. The number of nitrogens with zero attached hydrogens (tertiary/aromatic N) is 7. The Morgan fingerprint density at radius 2 is 1.32 bits per heavy atom. The van der Waals surface area contributed by atoms with Crippen LogP contribution in [0.3, 0.4) is 0 Å². The summed E-state index contributed by atoms with van der Waals surface area (Å²) < 4.78 is 31.9. The summed E-state index contributed by atoms with van der Waals surface area (Å²) in [5.74, 6) is -9.33. The number of primary amides is 2. The Bertz CT molecular complexity index is 3730. The van der Waals surface area contributed by atoms with E-state index in [1.807, 2.05) is 6.92 Å². The van der Waals surface area contributed by atoms with Gasteiger partial charge >= 0.3 is 11.9 Å². The molecule has 7 rings (SSSR count). The number of rotatable bonds is 32. The van der Waals surface area contributed by atoms with Crippen molar-refractivity contribution in [3.63, 3.8) is 0 Å². The number of aliphatic carboxylic acids is 1. The molecule has 5 heterocycles. The molecule has 6 aromatic rings. The summed E-state index contributed by atoms with van der Waals surface area (Å²) in [6, 6.07) is 5.70. The van der Waals surface area contributed by atoms with Crippen molar-refractivity contribution in [3.8, 4) is 11.5 Å². The Hall–Kier alpha value is -9.74. The average molecular weight is 1220 g/mol. The summed E-state index contributed by atoms with van der Waals surface area (Å²) in [5, 5.41) is 16.6. The molecule has 1 fully saturated rings. The Labute approximate surface area is 500 Å². The number of carbonyl (C=O) groups excluding carboxylic acids is 10. The molecule has 0 spiro atoms. The smallest absolute Gasteiger partial charge is 0.309 e. The summed E-state index contributed by atoms with van der Waals surface area (Å²) in [7, 11) is 1.40. The molecular formula is C57H66N12O17S. The molecule has 0 radical (unpaired) electrons. The normalized spacial score (nSPS) is 13.9. The largest absolute Gasteiger partial charge is 0.494 e. The predicted molar refractivity (Wildman–Crippen MR) is 311 cm³/mol. The van der Waals surface area contributed by atoms with Gasteiger partial charge in [-0.2, -0.15) is 11.8 Å². The highest BCUT2D eigenvalue weighted by Crippen LogP contribution is 2.34. The zero-order valence-corrected chi connectivity index (χ0v) is 49.6. The van der Waals surface area contributed by atoms with Crippen LogP contribution in [0.2, 0.25) is 0 Å². The maximum Gasteiger partial charge on any atom is 0.309 e. The number of carbonyl (C=O) groups is 11. The van der Waals surface area contributed by atoms with E-state index in [-0.39, 0.29) is 126 Å². The number of imidazole rings is 2. The van der Waals surface area contributed by atoms with Crippen LogP contribution in [0.15, 0.2) is 45.3 Å². The number of benzene rings is 2. The first-order valence-electron chi connectivity index (χ1n) is 27.6. The first kappa shape index (κ1) is 64.8. The summed E-state index contributed by atoms with van der Waals surface area (Å²) >= 11 is 1.17. The van der Waals surface area contributed by atoms with Crippen LogP contribution in [0, 0.1) is 25.7 Å². The number of fused-ring (bicyclic) bond motifs is 2. The standard InChI is InChI=1S/C57H66N12O17S/c1-8-36-47(85-29(4)61-36)52(78)65-56-63-38-21-32(49(58)75)23-40(82-6)45(38)67(56)15-10-11-16-68-46-39(64-57(68)66-53(79)48-37(9-2)62-30(5)86-48)22-33(50(59)76)24-41(46)83-17-12-18-84-55(81)28(3)19-34(70)26-60-51(77)31(13-14-44(73)74)20-35(71)27-69-43(72)25-42(87-7)54(69)80/h10-11,21-24,28,31,42H,8-9,12-20,25-27H2,1-7H3,(H2,58,75)(H2,59,76)(H,60,77)(H,73,74)(H,63,65,78)(H,64,66,79)/b11-10+/t28-,31-,42?/m1/s1. The summed E-state index contributed by atoms with van der Waals surface area (Å²) in [4.78, 5) is 160. The van der Waals surface area contributed by atoms with Gasteiger partial charge in [0.15, 0.2) is 23.3 Å². The fraction of sp³-hybridized carbons (Fsp3) is 0.421. The number of allylic oxidation sites excluding steroid dienone is 2. The van der Waals surface area contributed by atoms with Crippen molar-refractivity contribution >= 4 is 111 Å². The van der Waals surface area contributed by atoms with Gasteiger partial charge in [-0.1, -0.05) is 32.9 Å². The molecule has 30 heteroatoms. The van der Waals surface area contributed by atoms with Crippen LogP contribution >= 0.6 is 11.8 Å². The second-order valence-electron chi connectivity index (χ2n) is 20.2. The van der Waals surface area contributed by atoms with Gasteiger partial charge in [0.1, 0.15) is 22.5 Å². The fourth-order valence-corrected chi connectivity index (χ4v) is 10.2. The molecule has 0 bridgehead atoms. The van der Waals surface area contributed by atoms with E-state index >= 15 is 0 Å². The molecule has 462 valence electrons. The van der Waals surface area contributed by atoms with Crippen LogP contribution in [0.5, 0.6) is 11.5 Å². The van der Waals surface area contributed by atoms with E-state index < -0.39 is 108 Å². The van der Waals surface area contributed by atoms with Crippen molar-refractivity contribution < 1.29 is 80.9 Å². The molecular weight excluding hydrogens is 1160 g/mol. The summed E-state index contributed by atoms with van der Waals surface area (Å²) in [6.07, 6.45) is 4.28. The number of nitrogens with two attached hydrogens (primary N) is 2. The van der Waals surface area contributed by atoms with E-state index in [0.717, 1.165) is 4.90 Å². The lowest BCUT2D eigenvalue weighted by molar-refractivity contribution is -0.149. The second-order valence-corrected chi connectivity index (χ2v) is 21.2. The molecule has 29 nitrogen and oxygen atoms in total. The number of likely N-dealkylation sites (tertiary alicyclic amines) is 1. The Morgan fingerprint density at radius 3 is 1.82 bits per heavy atom. The molecule has 7 amide bonds. The van der Waals surface area contributed by atoms with Crippen molar-refractivity contribution in [3.05, 3.63) is 82.2 Å². The third-order valence-corrected chi connectivity index (χ3v) is 14.8. The Kier molecular flexibility index (Phi) is 21.5. The minimum absolute atomic E-state index is 0.000986. The van der Waals surface area contributed by atoms with E-state index in [1.165, 1.54) is 50.1 Å². The van der Waals surface area contributed by atoms with Gasteiger partial charge in [0, 0.05) is 76.1 Å². The Morgan fingerprint density at radius 1 is 0.782 bits per heavy atom. The first-order chi connectivity index (χ1) is 41.4. The molecule has 3 atom stereocenters. The van der Waals surface area contributed by atoms with E-state index in [1.54, 1.807) is 48.3 Å². The number of esters is 1. The number of imide groups is 1. The maximum absolute atomic E-state index is 13.9. The van der Waals surface area contributed by atoms with E-state index in [0.29, 0.717) is 29.7 Å². The molecule has 1 aliphatic rings. The number of aromatic nitrogens is 6. The highest BCUT2D eigenvalue weighted by atomic mass is 32.2. The van der Waals surface area contributed by atoms with Gasteiger partial charge in [-0.25, -0.2) is 19.9 Å². The van der Waals surface area contributed by atoms with Gasteiger partial charge in [-0.3, -0.25) is 68.3 Å². The number of nitrogens with one attached hydrogen (secondary N) is 3. The Balaban J connectivity index is 1.05. The molecule has 1 unspecified atom stereocenters. The zero-order chi connectivity index (χ0) is 63.4. The molecule has 8 N–H and O–H groups in total. The van der Waals surface area contributed by atoms with Crippen LogP contribution in [0.4, 0.5) is 11.9 Å². The summed E-state index contributed by atoms with van der Waals surface area (Å²) in [6.45, 7) is 6.81.